The van der Waals surface area contributed by atoms with E-state index >= 15 is 0 Å². The summed E-state index contributed by atoms with van der Waals surface area (Å²) in [5.41, 5.74) is -0.578. The van der Waals surface area contributed by atoms with E-state index in [0.717, 1.165) is 6.07 Å². The predicted molar refractivity (Wildman–Crippen MR) is 76.7 cm³/mol. The molecule has 0 radical (unpaired) electrons. The van der Waals surface area contributed by atoms with E-state index in [0.29, 0.717) is 0 Å². The van der Waals surface area contributed by atoms with Gasteiger partial charge in [-0.25, -0.2) is 13.4 Å². The summed E-state index contributed by atoms with van der Waals surface area (Å²) in [5, 5.41) is 9.93. The van der Waals surface area contributed by atoms with Crippen LogP contribution in [0.1, 0.15) is 13.8 Å². The summed E-state index contributed by atoms with van der Waals surface area (Å²) in [6.07, 6.45) is 0. The Morgan fingerprint density at radius 3 is 2.62 bits per heavy atom. The highest BCUT2D eigenvalue weighted by molar-refractivity contribution is 7.93. The molecule has 2 aromatic rings. The van der Waals surface area contributed by atoms with Crippen molar-refractivity contribution in [2.24, 2.45) is 0 Å². The fourth-order valence-electron chi connectivity index (χ4n) is 1.51. The average Bonchev–Trinajstić information content (AvgIpc) is 2.38. The van der Waals surface area contributed by atoms with Gasteiger partial charge < -0.3 is 4.98 Å². The van der Waals surface area contributed by atoms with Crippen LogP contribution in [-0.4, -0.2) is 28.6 Å². The van der Waals surface area contributed by atoms with Crippen LogP contribution in [0, 0.1) is 10.1 Å². The first-order valence-electron chi connectivity index (χ1n) is 5.91. The third-order valence-corrected chi connectivity index (χ3v) is 4.47. The van der Waals surface area contributed by atoms with Crippen molar-refractivity contribution in [2.45, 2.75) is 19.1 Å². The van der Waals surface area contributed by atoms with Gasteiger partial charge in [-0.1, -0.05) is 0 Å². The molecular weight excluding hydrogens is 300 g/mol. The Balaban J connectivity index is 2.54. The predicted octanol–water partition coefficient (Wildman–Crippen LogP) is 0.981. The second kappa shape index (κ2) is 5.13. The number of sulfonamides is 1. The average molecular weight is 312 g/mol. The molecule has 21 heavy (non-hydrogen) atoms. The molecule has 0 fully saturated rings. The first-order valence-corrected chi connectivity index (χ1v) is 7.45. The number of nitro benzene ring substituents is 1. The second-order valence-electron chi connectivity index (χ2n) is 4.57. The van der Waals surface area contributed by atoms with Crippen molar-refractivity contribution in [3.05, 3.63) is 38.7 Å². The molecule has 0 aliphatic carbocycles. The third kappa shape index (κ3) is 2.99. The van der Waals surface area contributed by atoms with Gasteiger partial charge in [0.1, 0.15) is 0 Å². The van der Waals surface area contributed by atoms with E-state index in [1.807, 2.05) is 0 Å². The van der Waals surface area contributed by atoms with Gasteiger partial charge in [0.25, 0.3) is 11.2 Å². The van der Waals surface area contributed by atoms with Gasteiger partial charge in [-0.2, -0.15) is 0 Å². The van der Waals surface area contributed by atoms with E-state index in [-0.39, 0.29) is 22.5 Å². The van der Waals surface area contributed by atoms with Gasteiger partial charge in [0.15, 0.2) is 0 Å². The molecule has 9 nitrogen and oxygen atoms in total. The zero-order valence-corrected chi connectivity index (χ0v) is 12.0. The highest BCUT2D eigenvalue weighted by atomic mass is 32.2. The largest absolute Gasteiger partial charge is 0.317 e. The summed E-state index contributed by atoms with van der Waals surface area (Å²) < 4.78 is 25.6. The van der Waals surface area contributed by atoms with Crippen molar-refractivity contribution in [2.75, 3.05) is 4.72 Å². The molecule has 1 heterocycles. The smallest absolute Gasteiger partial charge is 0.292 e. The quantitative estimate of drug-likeness (QED) is 0.638. The molecule has 0 amide bonds. The number of nitro groups is 1. The van der Waals surface area contributed by atoms with Crippen LogP contribution in [-0.2, 0) is 10.0 Å². The number of nitrogens with zero attached hydrogens (tertiary/aromatic N) is 2. The lowest BCUT2D eigenvalue weighted by molar-refractivity contribution is -0.384. The Bertz CT molecular complexity index is 872. The van der Waals surface area contributed by atoms with Crippen LogP contribution in [0.25, 0.3) is 11.0 Å². The maximum absolute atomic E-state index is 11.8. The van der Waals surface area contributed by atoms with Crippen LogP contribution in [0.15, 0.2) is 23.0 Å². The number of aromatic amines is 1. The maximum atomic E-state index is 11.8. The lowest BCUT2D eigenvalue weighted by Crippen LogP contribution is -2.27. The summed E-state index contributed by atoms with van der Waals surface area (Å²) in [4.78, 5) is 28.1. The lowest BCUT2D eigenvalue weighted by Gasteiger charge is -2.09. The van der Waals surface area contributed by atoms with Crippen LogP contribution in [0.2, 0.25) is 0 Å². The number of benzene rings is 1. The Labute approximate surface area is 119 Å². The van der Waals surface area contributed by atoms with E-state index in [4.69, 9.17) is 0 Å². The molecule has 0 bridgehead atoms. The second-order valence-corrected chi connectivity index (χ2v) is 6.81. The summed E-state index contributed by atoms with van der Waals surface area (Å²) in [5.74, 6) is -0.370. The molecule has 0 aliphatic rings. The van der Waals surface area contributed by atoms with E-state index < -0.39 is 25.8 Å². The summed E-state index contributed by atoms with van der Waals surface area (Å²) in [6.45, 7) is 2.92. The maximum Gasteiger partial charge on any atom is 0.292 e. The van der Waals surface area contributed by atoms with E-state index in [9.17, 15) is 23.3 Å². The van der Waals surface area contributed by atoms with Gasteiger partial charge in [-0.05, 0) is 19.9 Å². The summed E-state index contributed by atoms with van der Waals surface area (Å²) in [7, 11) is -3.70. The zero-order valence-electron chi connectivity index (χ0n) is 11.2. The molecule has 0 saturated carbocycles. The minimum atomic E-state index is -3.70. The fraction of sp³-hybridized carbons (Fsp3) is 0.273. The van der Waals surface area contributed by atoms with Gasteiger partial charge in [0.2, 0.25) is 15.8 Å². The van der Waals surface area contributed by atoms with Crippen molar-refractivity contribution in [1.82, 2.24) is 9.97 Å². The lowest BCUT2D eigenvalue weighted by atomic mass is 10.2. The Morgan fingerprint density at radius 2 is 2.05 bits per heavy atom. The van der Waals surface area contributed by atoms with Crippen LogP contribution in [0.4, 0.5) is 11.5 Å². The van der Waals surface area contributed by atoms with Crippen LogP contribution < -0.4 is 10.3 Å². The van der Waals surface area contributed by atoms with Crippen molar-refractivity contribution in [1.29, 1.82) is 0 Å². The molecule has 0 unspecified atom stereocenters. The molecule has 0 atom stereocenters. The first kappa shape index (κ1) is 14.9. The Morgan fingerprint density at radius 1 is 1.38 bits per heavy atom. The molecule has 2 rings (SSSR count). The van der Waals surface area contributed by atoms with E-state index in [1.165, 1.54) is 26.0 Å². The number of aromatic nitrogens is 2. The number of non-ortho nitro benzene ring substituents is 1. The Kier molecular flexibility index (Phi) is 3.64. The third-order valence-electron chi connectivity index (χ3n) is 2.75. The molecule has 10 heteroatoms. The zero-order chi connectivity index (χ0) is 15.8. The van der Waals surface area contributed by atoms with Crippen LogP contribution >= 0.6 is 0 Å². The number of hydrogen-bond acceptors (Lipinski definition) is 6. The van der Waals surface area contributed by atoms with Crippen LogP contribution in [0.3, 0.4) is 0 Å². The fourth-order valence-corrected chi connectivity index (χ4v) is 2.15. The normalized spacial score (nSPS) is 11.8. The van der Waals surface area contributed by atoms with Crippen molar-refractivity contribution >= 4 is 32.6 Å². The van der Waals surface area contributed by atoms with E-state index in [1.54, 1.807) is 0 Å². The van der Waals surface area contributed by atoms with Gasteiger partial charge in [0, 0.05) is 12.1 Å². The standard InChI is InChI=1S/C11H12N4O5S/c1-6(2)21(19,20)14-10-11(16)13-9-5-7(15(17)18)3-4-8(9)12-10/h3-6H,1-2H3,(H,12,14)(H,13,16). The molecule has 1 aromatic heterocycles. The highest BCUT2D eigenvalue weighted by Gasteiger charge is 2.19. The van der Waals surface area contributed by atoms with Crippen LogP contribution in [0.5, 0.6) is 0 Å². The Hall–Kier alpha value is -2.49. The number of anilines is 1. The molecule has 1 aromatic carbocycles. The number of H-pyrrole nitrogens is 1. The number of fused-ring (bicyclic) bond motifs is 1. The van der Waals surface area contributed by atoms with Gasteiger partial charge in [0.05, 0.1) is 21.2 Å². The van der Waals surface area contributed by atoms with Crippen molar-refractivity contribution < 1.29 is 13.3 Å². The molecule has 0 saturated heterocycles. The molecule has 112 valence electrons. The summed E-state index contributed by atoms with van der Waals surface area (Å²) >= 11 is 0. The first-order chi connectivity index (χ1) is 9.70. The van der Waals surface area contributed by atoms with Gasteiger partial charge >= 0.3 is 0 Å². The highest BCUT2D eigenvalue weighted by Crippen LogP contribution is 2.18. The summed E-state index contributed by atoms with van der Waals surface area (Å²) in [6, 6.07) is 3.70. The number of rotatable bonds is 4. The topological polar surface area (TPSA) is 135 Å². The molecule has 0 spiro atoms. The number of nitrogens with one attached hydrogen (secondary N) is 2. The molecule has 2 N–H and O–H groups in total. The monoisotopic (exact) mass is 312 g/mol. The van der Waals surface area contributed by atoms with Crippen molar-refractivity contribution in [3.8, 4) is 0 Å². The van der Waals surface area contributed by atoms with Crippen molar-refractivity contribution in [3.63, 3.8) is 0 Å². The molecule has 0 aliphatic heterocycles. The SMILES string of the molecule is CC(C)S(=O)(=O)Nc1nc2ccc([N+](=O)[O-])cc2[nH]c1=O. The number of hydrogen-bond donors (Lipinski definition) is 2. The molecular formula is C11H12N4O5S. The van der Waals surface area contributed by atoms with Gasteiger partial charge in [-0.3, -0.25) is 19.6 Å². The minimum Gasteiger partial charge on any atom is -0.317 e. The van der Waals surface area contributed by atoms with E-state index in [2.05, 4.69) is 14.7 Å². The van der Waals surface area contributed by atoms with Gasteiger partial charge in [-0.15, -0.1) is 0 Å². The minimum absolute atomic E-state index is 0.154.